The first-order valence-electron chi connectivity index (χ1n) is 7.08. The molecule has 0 unspecified atom stereocenters. The molecule has 0 atom stereocenters. The minimum atomic E-state index is -0.769. The zero-order valence-electron chi connectivity index (χ0n) is 12.7. The summed E-state index contributed by atoms with van der Waals surface area (Å²) in [6.07, 6.45) is 1.94. The highest BCUT2D eigenvalue weighted by Gasteiger charge is 2.26. The molecule has 0 saturated heterocycles. The zero-order valence-corrected chi connectivity index (χ0v) is 12.7. The van der Waals surface area contributed by atoms with E-state index in [-0.39, 0.29) is 35.0 Å². The summed E-state index contributed by atoms with van der Waals surface area (Å²) in [5.74, 6) is -1.51. The normalized spacial score (nSPS) is 13.0. The van der Waals surface area contributed by atoms with E-state index >= 15 is 0 Å². The van der Waals surface area contributed by atoms with Crippen molar-refractivity contribution < 1.29 is 18.7 Å². The average molecular weight is 328 g/mol. The van der Waals surface area contributed by atoms with Crippen molar-refractivity contribution in [3.05, 3.63) is 41.0 Å². The van der Waals surface area contributed by atoms with Gasteiger partial charge in [0.1, 0.15) is 11.9 Å². The molecule has 0 radical (unpaired) electrons. The number of anilines is 2. The van der Waals surface area contributed by atoms with Gasteiger partial charge in [-0.15, -0.1) is 0 Å². The number of ether oxygens (including phenoxy) is 1. The van der Waals surface area contributed by atoms with Gasteiger partial charge in [0.15, 0.2) is 5.69 Å². The maximum absolute atomic E-state index is 14.0. The number of amides is 1. The van der Waals surface area contributed by atoms with E-state index in [0.717, 1.165) is 6.07 Å². The third-order valence-electron chi connectivity index (χ3n) is 3.85. The number of aryl methyl sites for hydroxylation is 1. The molecule has 1 aromatic heterocycles. The molecule has 2 heterocycles. The number of rotatable bonds is 2. The van der Waals surface area contributed by atoms with E-state index in [9.17, 15) is 14.0 Å². The van der Waals surface area contributed by atoms with Crippen molar-refractivity contribution in [3.63, 3.8) is 0 Å². The smallest absolute Gasteiger partial charge is 0.357 e. The van der Waals surface area contributed by atoms with E-state index in [1.165, 1.54) is 23.9 Å². The van der Waals surface area contributed by atoms with Crippen molar-refractivity contribution in [3.8, 4) is 11.8 Å². The summed E-state index contributed by atoms with van der Waals surface area (Å²) in [5, 5.41) is 11.8. The highest BCUT2D eigenvalue weighted by molar-refractivity contribution is 5.99. The van der Waals surface area contributed by atoms with Gasteiger partial charge in [0.05, 0.1) is 29.7 Å². The Kier molecular flexibility index (Phi) is 3.69. The molecular weight excluding hydrogens is 315 g/mol. The molecule has 8 heteroatoms. The Balaban J connectivity index is 2.31. The van der Waals surface area contributed by atoms with Crippen molar-refractivity contribution in [2.45, 2.75) is 12.8 Å². The van der Waals surface area contributed by atoms with E-state index < -0.39 is 11.8 Å². The quantitative estimate of drug-likeness (QED) is 0.816. The second kappa shape index (κ2) is 5.70. The predicted molar refractivity (Wildman–Crippen MR) is 83.1 cm³/mol. The number of esters is 1. The number of nitrogens with zero attached hydrogens (tertiary/aromatic N) is 2. The van der Waals surface area contributed by atoms with Crippen LogP contribution in [0.1, 0.15) is 28.0 Å². The van der Waals surface area contributed by atoms with Gasteiger partial charge in [0.25, 0.3) is 0 Å². The number of nitrogen functional groups attached to an aromatic ring is 1. The Bertz CT molecular complexity index is 911. The van der Waals surface area contributed by atoms with Crippen LogP contribution in [0, 0.1) is 17.1 Å². The molecule has 3 rings (SSSR count). The number of halogens is 1. The number of nitriles is 1. The van der Waals surface area contributed by atoms with E-state index in [0.29, 0.717) is 17.7 Å². The largest absolute Gasteiger partial charge is 0.464 e. The molecule has 0 aliphatic carbocycles. The van der Waals surface area contributed by atoms with Crippen LogP contribution in [0.5, 0.6) is 0 Å². The third kappa shape index (κ3) is 2.36. The molecule has 0 spiro atoms. The molecule has 1 amide bonds. The lowest BCUT2D eigenvalue weighted by Crippen LogP contribution is -2.22. The monoisotopic (exact) mass is 328 g/mol. The minimum absolute atomic E-state index is 0.0514. The Morgan fingerprint density at radius 2 is 2.21 bits per heavy atom. The van der Waals surface area contributed by atoms with Crippen molar-refractivity contribution in [2.75, 3.05) is 18.2 Å². The maximum Gasteiger partial charge on any atom is 0.357 e. The number of hydrogen-bond acceptors (Lipinski definition) is 5. The van der Waals surface area contributed by atoms with Crippen LogP contribution in [0.4, 0.5) is 15.8 Å². The van der Waals surface area contributed by atoms with Crippen LogP contribution < -0.4 is 11.1 Å². The van der Waals surface area contributed by atoms with Gasteiger partial charge in [0.2, 0.25) is 5.91 Å². The molecule has 122 valence electrons. The number of aromatic nitrogens is 1. The number of carbonyl (C=O) groups is 2. The molecule has 1 aromatic carbocycles. The van der Waals surface area contributed by atoms with Gasteiger partial charge in [-0.2, -0.15) is 5.26 Å². The average Bonchev–Trinajstić information content (AvgIpc) is 2.90. The number of carbonyl (C=O) groups excluding carboxylic acids is 2. The number of nitrogens with two attached hydrogens (primary N) is 1. The van der Waals surface area contributed by atoms with Crippen LogP contribution >= 0.6 is 0 Å². The Morgan fingerprint density at radius 3 is 2.88 bits per heavy atom. The molecule has 0 saturated carbocycles. The fourth-order valence-electron chi connectivity index (χ4n) is 2.73. The summed E-state index contributed by atoms with van der Waals surface area (Å²) in [6, 6.07) is 4.37. The van der Waals surface area contributed by atoms with Gasteiger partial charge in [-0.1, -0.05) is 0 Å². The van der Waals surface area contributed by atoms with Crippen molar-refractivity contribution >= 4 is 23.3 Å². The molecular formula is C16H13FN4O3. The second-order valence-corrected chi connectivity index (χ2v) is 5.29. The number of hydrogen-bond donors (Lipinski definition) is 2. The van der Waals surface area contributed by atoms with E-state index in [1.807, 2.05) is 6.07 Å². The van der Waals surface area contributed by atoms with Gasteiger partial charge in [0, 0.05) is 18.7 Å². The van der Waals surface area contributed by atoms with Gasteiger partial charge in [-0.3, -0.25) is 4.79 Å². The van der Waals surface area contributed by atoms with E-state index in [1.54, 1.807) is 0 Å². The fraction of sp³-hybridized carbons (Fsp3) is 0.188. The van der Waals surface area contributed by atoms with Crippen molar-refractivity contribution in [2.24, 2.45) is 0 Å². The van der Waals surface area contributed by atoms with Crippen LogP contribution in [0.15, 0.2) is 18.3 Å². The van der Waals surface area contributed by atoms with Crippen molar-refractivity contribution in [1.29, 1.82) is 5.26 Å². The molecule has 1 aliphatic heterocycles. The number of benzene rings is 1. The predicted octanol–water partition coefficient (Wildman–Crippen LogP) is 1.74. The van der Waals surface area contributed by atoms with E-state index in [4.69, 9.17) is 15.7 Å². The van der Waals surface area contributed by atoms with Crippen LogP contribution in [0.2, 0.25) is 0 Å². The lowest BCUT2D eigenvalue weighted by atomic mass is 10.0. The van der Waals surface area contributed by atoms with Crippen LogP contribution in [0.25, 0.3) is 5.69 Å². The molecule has 2 aromatic rings. The molecule has 0 fully saturated rings. The standard InChI is InChI=1S/C16H13FN4O3/c1-24-16(23)15-13(19)9(6-18)7-21(15)11-5-10(17)4-8-2-3-12(22)20-14(8)11/h4-5,7H,2-3,19H2,1H3,(H,20,22). The van der Waals surface area contributed by atoms with Gasteiger partial charge in [-0.05, 0) is 18.1 Å². The number of fused-ring (bicyclic) bond motifs is 1. The summed E-state index contributed by atoms with van der Waals surface area (Å²) in [4.78, 5) is 23.8. The van der Waals surface area contributed by atoms with E-state index in [2.05, 4.69) is 5.32 Å². The Hall–Kier alpha value is -3.34. The lowest BCUT2D eigenvalue weighted by Gasteiger charge is -2.21. The van der Waals surface area contributed by atoms with Gasteiger partial charge in [-0.25, -0.2) is 9.18 Å². The summed E-state index contributed by atoms with van der Waals surface area (Å²) in [6.45, 7) is 0. The Morgan fingerprint density at radius 1 is 1.46 bits per heavy atom. The summed E-state index contributed by atoms with van der Waals surface area (Å²) in [7, 11) is 1.17. The van der Waals surface area contributed by atoms with Gasteiger partial charge >= 0.3 is 5.97 Å². The number of nitrogens with one attached hydrogen (secondary N) is 1. The minimum Gasteiger partial charge on any atom is -0.464 e. The molecule has 1 aliphatic rings. The SMILES string of the molecule is COC(=O)c1c(N)c(C#N)cn1-c1cc(F)cc2c1NC(=O)CC2. The molecule has 0 bridgehead atoms. The topological polar surface area (TPSA) is 110 Å². The third-order valence-corrected chi connectivity index (χ3v) is 3.85. The first kappa shape index (κ1) is 15.6. The molecule has 24 heavy (non-hydrogen) atoms. The van der Waals surface area contributed by atoms with Crippen LogP contribution in [-0.2, 0) is 16.0 Å². The fourth-order valence-corrected chi connectivity index (χ4v) is 2.73. The van der Waals surface area contributed by atoms with Gasteiger partial charge < -0.3 is 20.4 Å². The first-order valence-corrected chi connectivity index (χ1v) is 7.08. The highest BCUT2D eigenvalue weighted by Crippen LogP contribution is 2.34. The summed E-state index contributed by atoms with van der Waals surface area (Å²) < 4.78 is 20.0. The molecule has 7 nitrogen and oxygen atoms in total. The lowest BCUT2D eigenvalue weighted by molar-refractivity contribution is -0.116. The molecule has 3 N–H and O–H groups in total. The zero-order chi connectivity index (χ0) is 17.4. The second-order valence-electron chi connectivity index (χ2n) is 5.29. The summed E-state index contributed by atoms with van der Waals surface area (Å²) in [5.41, 5.74) is 6.94. The van der Waals surface area contributed by atoms with Crippen molar-refractivity contribution in [1.82, 2.24) is 4.57 Å². The number of methoxy groups -OCH3 is 1. The summed E-state index contributed by atoms with van der Waals surface area (Å²) >= 11 is 0. The van der Waals surface area contributed by atoms with Crippen LogP contribution in [-0.4, -0.2) is 23.6 Å². The first-order chi connectivity index (χ1) is 11.5. The van der Waals surface area contributed by atoms with Crippen LogP contribution in [0.3, 0.4) is 0 Å². The maximum atomic E-state index is 14.0. The highest BCUT2D eigenvalue weighted by atomic mass is 19.1. The Labute approximate surface area is 136 Å².